The predicted octanol–water partition coefficient (Wildman–Crippen LogP) is 1.47. The number of anilines is 1. The number of nitrogens with one attached hydrogen (secondary N) is 2. The molecule has 0 unspecified atom stereocenters. The summed E-state index contributed by atoms with van der Waals surface area (Å²) in [5.41, 5.74) is 1.30. The van der Waals surface area contributed by atoms with Crippen LogP contribution < -0.4 is 15.1 Å². The Morgan fingerprint density at radius 3 is 2.50 bits per heavy atom. The summed E-state index contributed by atoms with van der Waals surface area (Å²) >= 11 is 0. The Balaban J connectivity index is 1.49. The fraction of sp³-hybridized carbons (Fsp3) is 0.650. The van der Waals surface area contributed by atoms with Crippen LogP contribution in [0.25, 0.3) is 0 Å². The number of amides is 1. The molecule has 1 heterocycles. The fourth-order valence-corrected chi connectivity index (χ4v) is 4.15. The maximum Gasteiger partial charge on any atom is 0.278 e. The van der Waals surface area contributed by atoms with Crippen molar-refractivity contribution >= 4 is 11.6 Å². The number of rotatable bonds is 4. The van der Waals surface area contributed by atoms with Crippen molar-refractivity contribution in [2.75, 3.05) is 31.1 Å². The van der Waals surface area contributed by atoms with Crippen LogP contribution in [0.15, 0.2) is 30.3 Å². The van der Waals surface area contributed by atoms with E-state index in [0.29, 0.717) is 12.0 Å². The number of hydrogen-bond donors (Lipinski definition) is 2. The average Bonchev–Trinajstić information content (AvgIpc) is 2.64. The maximum absolute atomic E-state index is 12.7. The summed E-state index contributed by atoms with van der Waals surface area (Å²) in [6, 6.07) is 11.0. The van der Waals surface area contributed by atoms with E-state index in [4.69, 9.17) is 0 Å². The standard InChI is InChI=1S/C20H31N3O/c1-16-8-6-7-11-19(16)21-20(24)17(2)22-12-14-23(15-13-22)18-9-4-3-5-10-18/h3-5,9-10,16-17,19H,6-8,11-15H2,1-2H3,(H,21,24)/p+1/t16-,17-,19+/m1/s1. The first kappa shape index (κ1) is 17.3. The first-order chi connectivity index (χ1) is 11.6. The van der Waals surface area contributed by atoms with Crippen LogP contribution in [-0.2, 0) is 4.79 Å². The second-order valence-corrected chi connectivity index (χ2v) is 7.58. The zero-order valence-corrected chi connectivity index (χ0v) is 15.1. The average molecular weight is 330 g/mol. The Bertz CT molecular complexity index is 525. The van der Waals surface area contributed by atoms with Crippen molar-refractivity contribution in [2.24, 2.45) is 5.92 Å². The number of hydrogen-bond acceptors (Lipinski definition) is 2. The predicted molar refractivity (Wildman–Crippen MR) is 98.4 cm³/mol. The van der Waals surface area contributed by atoms with Crippen molar-refractivity contribution in [2.45, 2.75) is 51.6 Å². The SMILES string of the molecule is C[C@@H]1CCCC[C@@H]1NC(=O)[C@@H](C)[NH+]1CCN(c2ccccc2)CC1. The van der Waals surface area contributed by atoms with Gasteiger partial charge >= 0.3 is 0 Å². The highest BCUT2D eigenvalue weighted by molar-refractivity contribution is 5.80. The number of carbonyl (C=O) groups is 1. The molecule has 24 heavy (non-hydrogen) atoms. The molecule has 0 aromatic heterocycles. The Labute approximate surface area is 146 Å². The minimum absolute atomic E-state index is 0.0528. The number of para-hydroxylation sites is 1. The molecule has 1 saturated carbocycles. The van der Waals surface area contributed by atoms with Gasteiger partial charge in [0.05, 0.1) is 26.2 Å². The van der Waals surface area contributed by atoms with Gasteiger partial charge in [-0.1, -0.05) is 38.0 Å². The molecule has 0 bridgehead atoms. The lowest BCUT2D eigenvalue weighted by Gasteiger charge is -2.37. The van der Waals surface area contributed by atoms with Crippen LogP contribution in [0.1, 0.15) is 39.5 Å². The van der Waals surface area contributed by atoms with Crippen molar-refractivity contribution in [3.05, 3.63) is 30.3 Å². The molecule has 1 aliphatic heterocycles. The first-order valence-electron chi connectivity index (χ1n) is 9.60. The van der Waals surface area contributed by atoms with Crippen molar-refractivity contribution in [1.29, 1.82) is 0 Å². The third-order valence-electron chi connectivity index (χ3n) is 5.97. The van der Waals surface area contributed by atoms with Gasteiger partial charge in [-0.25, -0.2) is 0 Å². The molecule has 1 aliphatic carbocycles. The van der Waals surface area contributed by atoms with E-state index in [9.17, 15) is 4.79 Å². The zero-order chi connectivity index (χ0) is 16.9. The van der Waals surface area contributed by atoms with Crippen molar-refractivity contribution in [1.82, 2.24) is 5.32 Å². The Morgan fingerprint density at radius 1 is 1.17 bits per heavy atom. The lowest BCUT2D eigenvalue weighted by atomic mass is 9.86. The summed E-state index contributed by atoms with van der Waals surface area (Å²) in [4.78, 5) is 16.5. The highest BCUT2D eigenvalue weighted by Crippen LogP contribution is 2.23. The van der Waals surface area contributed by atoms with E-state index in [-0.39, 0.29) is 11.9 Å². The molecule has 1 saturated heterocycles. The molecule has 0 spiro atoms. The number of carbonyl (C=O) groups excluding carboxylic acids is 1. The number of benzene rings is 1. The molecule has 2 aliphatic rings. The smallest absolute Gasteiger partial charge is 0.278 e. The molecule has 1 aromatic carbocycles. The molecule has 4 heteroatoms. The quantitative estimate of drug-likeness (QED) is 0.877. The molecular formula is C20H32N3O+. The molecule has 3 atom stereocenters. The number of piperazine rings is 1. The zero-order valence-electron chi connectivity index (χ0n) is 15.1. The highest BCUT2D eigenvalue weighted by atomic mass is 16.2. The minimum Gasteiger partial charge on any atom is -0.360 e. The van der Waals surface area contributed by atoms with E-state index in [1.165, 1.54) is 29.8 Å². The highest BCUT2D eigenvalue weighted by Gasteiger charge is 2.31. The lowest BCUT2D eigenvalue weighted by molar-refractivity contribution is -0.914. The molecule has 4 nitrogen and oxygen atoms in total. The van der Waals surface area contributed by atoms with Gasteiger partial charge in [0.1, 0.15) is 0 Å². The summed E-state index contributed by atoms with van der Waals surface area (Å²) < 4.78 is 0. The molecule has 2 N–H and O–H groups in total. The molecule has 2 fully saturated rings. The third-order valence-corrected chi connectivity index (χ3v) is 5.97. The van der Waals surface area contributed by atoms with Crippen LogP contribution in [0.2, 0.25) is 0 Å². The van der Waals surface area contributed by atoms with Crippen LogP contribution in [0.4, 0.5) is 5.69 Å². The van der Waals surface area contributed by atoms with E-state index in [1.807, 2.05) is 0 Å². The first-order valence-corrected chi connectivity index (χ1v) is 9.60. The van der Waals surface area contributed by atoms with Crippen LogP contribution in [-0.4, -0.2) is 44.2 Å². The van der Waals surface area contributed by atoms with E-state index in [1.54, 1.807) is 0 Å². The van der Waals surface area contributed by atoms with Crippen molar-refractivity contribution in [3.63, 3.8) is 0 Å². The number of nitrogens with zero attached hydrogens (tertiary/aromatic N) is 1. The second kappa shape index (κ2) is 8.02. The maximum atomic E-state index is 12.7. The van der Waals surface area contributed by atoms with Crippen LogP contribution in [0.5, 0.6) is 0 Å². The van der Waals surface area contributed by atoms with Crippen molar-refractivity contribution < 1.29 is 9.69 Å². The van der Waals surface area contributed by atoms with E-state index in [0.717, 1.165) is 32.6 Å². The summed E-state index contributed by atoms with van der Waals surface area (Å²) in [7, 11) is 0. The Kier molecular flexibility index (Phi) is 5.77. The molecule has 132 valence electrons. The Hall–Kier alpha value is -1.55. The van der Waals surface area contributed by atoms with Gasteiger partial charge in [-0.05, 0) is 37.8 Å². The van der Waals surface area contributed by atoms with Crippen molar-refractivity contribution in [3.8, 4) is 0 Å². The van der Waals surface area contributed by atoms with E-state index < -0.39 is 0 Å². The van der Waals surface area contributed by atoms with Crippen LogP contribution in [0.3, 0.4) is 0 Å². The largest absolute Gasteiger partial charge is 0.360 e. The van der Waals surface area contributed by atoms with Gasteiger partial charge in [0.2, 0.25) is 0 Å². The van der Waals surface area contributed by atoms with E-state index >= 15 is 0 Å². The topological polar surface area (TPSA) is 36.8 Å². The summed E-state index contributed by atoms with van der Waals surface area (Å²) in [5, 5.41) is 3.34. The number of quaternary nitrogens is 1. The van der Waals surface area contributed by atoms with E-state index in [2.05, 4.69) is 54.4 Å². The monoisotopic (exact) mass is 330 g/mol. The molecule has 1 aromatic rings. The summed E-state index contributed by atoms with van der Waals surface area (Å²) in [5.74, 6) is 0.872. The molecule has 3 rings (SSSR count). The Morgan fingerprint density at radius 2 is 1.83 bits per heavy atom. The van der Waals surface area contributed by atoms with Gasteiger partial charge in [0.15, 0.2) is 6.04 Å². The van der Waals surface area contributed by atoms with Gasteiger partial charge in [-0.3, -0.25) is 4.79 Å². The molecular weight excluding hydrogens is 298 g/mol. The van der Waals surface area contributed by atoms with Crippen LogP contribution in [0, 0.1) is 5.92 Å². The third kappa shape index (κ3) is 4.10. The molecule has 0 radical (unpaired) electrons. The normalized spacial score (nSPS) is 26.8. The van der Waals surface area contributed by atoms with Gasteiger partial charge in [0.25, 0.3) is 5.91 Å². The second-order valence-electron chi connectivity index (χ2n) is 7.58. The summed E-state index contributed by atoms with van der Waals surface area (Å²) in [6.07, 6.45) is 4.97. The van der Waals surface area contributed by atoms with Gasteiger partial charge in [-0.2, -0.15) is 0 Å². The van der Waals surface area contributed by atoms with Gasteiger partial charge < -0.3 is 15.1 Å². The van der Waals surface area contributed by atoms with Crippen LogP contribution >= 0.6 is 0 Å². The minimum atomic E-state index is 0.0528. The van der Waals surface area contributed by atoms with Gasteiger partial charge in [0, 0.05) is 11.7 Å². The van der Waals surface area contributed by atoms with Gasteiger partial charge in [-0.15, -0.1) is 0 Å². The molecule has 1 amide bonds. The fourth-order valence-electron chi connectivity index (χ4n) is 4.15. The lowest BCUT2D eigenvalue weighted by Crippen LogP contribution is -3.19. The summed E-state index contributed by atoms with van der Waals surface area (Å²) in [6.45, 7) is 8.48.